The maximum absolute atomic E-state index is 10.6. The number of hydrogen-bond donors (Lipinski definition) is 1. The zero-order valence-electron chi connectivity index (χ0n) is 15.9. The van der Waals surface area contributed by atoms with Crippen molar-refractivity contribution in [3.8, 4) is 0 Å². The summed E-state index contributed by atoms with van der Waals surface area (Å²) in [6, 6.07) is 0. The van der Waals surface area contributed by atoms with Gasteiger partial charge in [-0.25, -0.2) is 0 Å². The van der Waals surface area contributed by atoms with Crippen molar-refractivity contribution >= 4 is 5.97 Å². The number of rotatable bonds is 15. The third kappa shape index (κ3) is 14.7. The number of nitrogens with zero attached hydrogens (tertiary/aromatic N) is 1. The van der Waals surface area contributed by atoms with E-state index in [1.807, 2.05) is 6.92 Å². The molecule has 0 aromatic rings. The van der Waals surface area contributed by atoms with Gasteiger partial charge in [0.25, 0.3) is 0 Å². The summed E-state index contributed by atoms with van der Waals surface area (Å²) in [7, 11) is 4.11. The van der Waals surface area contributed by atoms with Gasteiger partial charge in [0.1, 0.15) is 12.1 Å². The van der Waals surface area contributed by atoms with Crippen LogP contribution >= 0.6 is 0 Å². The van der Waals surface area contributed by atoms with Gasteiger partial charge in [-0.1, -0.05) is 58.3 Å². The molecule has 0 aliphatic heterocycles. The van der Waals surface area contributed by atoms with E-state index in [2.05, 4.69) is 21.0 Å². The number of carboxylic acids is 1. The van der Waals surface area contributed by atoms with Crippen LogP contribution in [-0.2, 0) is 4.79 Å². The van der Waals surface area contributed by atoms with Gasteiger partial charge in [-0.2, -0.15) is 0 Å². The normalized spacial score (nSPS) is 14.7. The molecule has 1 atom stereocenters. The Morgan fingerprint density at radius 3 is 2.04 bits per heavy atom. The number of aliphatic carboxylic acids is 1. The van der Waals surface area contributed by atoms with Gasteiger partial charge in [-0.3, -0.25) is 0 Å². The molecule has 0 aromatic heterocycles. The number of carboxylic acid groups (broad SMARTS) is 1. The fourth-order valence-corrected chi connectivity index (χ4v) is 3.37. The molecule has 0 fully saturated rings. The number of carbonyl (C=O) groups is 1. The van der Waals surface area contributed by atoms with Crippen molar-refractivity contribution in [2.75, 3.05) is 27.2 Å². The van der Waals surface area contributed by atoms with Gasteiger partial charge in [0, 0.05) is 12.4 Å². The van der Waals surface area contributed by atoms with Crippen LogP contribution in [0.1, 0.15) is 84.5 Å². The minimum atomic E-state index is -0.990. The molecular weight excluding hydrogens is 290 g/mol. The molecule has 0 spiro atoms. The van der Waals surface area contributed by atoms with Crippen molar-refractivity contribution in [1.29, 1.82) is 0 Å². The number of aliphatic hydroxyl groups is 1. The predicted octanol–water partition coefficient (Wildman–Crippen LogP) is 2.87. The minimum Gasteiger partial charge on any atom is -0.550 e. The SMILES string of the molecule is CCCCCCCCCCC(C)(O)C[N+](C)(C)CCCC(=O)[O-]. The molecule has 4 nitrogen and oxygen atoms in total. The lowest BCUT2D eigenvalue weighted by molar-refractivity contribution is -0.896. The molecule has 0 bridgehead atoms. The van der Waals surface area contributed by atoms with Gasteiger partial charge in [0.15, 0.2) is 0 Å². The molecule has 0 radical (unpaired) electrons. The molecule has 0 aliphatic carbocycles. The lowest BCUT2D eigenvalue weighted by Crippen LogP contribution is -2.51. The van der Waals surface area contributed by atoms with Crippen molar-refractivity contribution < 1.29 is 19.5 Å². The Hall–Kier alpha value is -0.610. The monoisotopic (exact) mass is 329 g/mol. The molecule has 23 heavy (non-hydrogen) atoms. The van der Waals surface area contributed by atoms with E-state index in [4.69, 9.17) is 0 Å². The summed E-state index contributed by atoms with van der Waals surface area (Å²) in [5.74, 6) is -0.990. The molecule has 0 amide bonds. The number of unbranched alkanes of at least 4 members (excludes halogenated alkanes) is 7. The van der Waals surface area contributed by atoms with Crippen molar-refractivity contribution in [2.45, 2.75) is 90.1 Å². The number of quaternary nitrogens is 1. The average molecular weight is 330 g/mol. The van der Waals surface area contributed by atoms with Crippen LogP contribution in [0, 0.1) is 0 Å². The first-order valence-electron chi connectivity index (χ1n) is 9.43. The molecule has 0 saturated carbocycles. The fourth-order valence-electron chi connectivity index (χ4n) is 3.37. The number of likely N-dealkylation sites (N-methyl/N-ethyl adjacent to an activating group) is 1. The molecule has 1 N–H and O–H groups in total. The summed E-state index contributed by atoms with van der Waals surface area (Å²) in [5, 5.41) is 21.1. The van der Waals surface area contributed by atoms with Crippen molar-refractivity contribution in [1.82, 2.24) is 0 Å². The van der Waals surface area contributed by atoms with Crippen molar-refractivity contribution in [2.24, 2.45) is 0 Å². The predicted molar refractivity (Wildman–Crippen MR) is 93.9 cm³/mol. The van der Waals surface area contributed by atoms with E-state index in [0.717, 1.165) is 19.4 Å². The summed E-state index contributed by atoms with van der Waals surface area (Å²) in [6.45, 7) is 5.56. The van der Waals surface area contributed by atoms with Gasteiger partial charge in [0.05, 0.1) is 20.6 Å². The first-order chi connectivity index (χ1) is 10.7. The van der Waals surface area contributed by atoms with E-state index in [9.17, 15) is 15.0 Å². The highest BCUT2D eigenvalue weighted by molar-refractivity contribution is 5.64. The van der Waals surface area contributed by atoms with Crippen LogP contribution in [0.25, 0.3) is 0 Å². The van der Waals surface area contributed by atoms with E-state index in [1.54, 1.807) is 0 Å². The van der Waals surface area contributed by atoms with Crippen LogP contribution in [0.2, 0.25) is 0 Å². The first kappa shape index (κ1) is 22.4. The Kier molecular flexibility index (Phi) is 11.5. The van der Waals surface area contributed by atoms with Gasteiger partial charge in [-0.15, -0.1) is 0 Å². The van der Waals surface area contributed by atoms with Gasteiger partial charge >= 0.3 is 0 Å². The van der Waals surface area contributed by atoms with Crippen molar-refractivity contribution in [3.05, 3.63) is 0 Å². The molecule has 0 rings (SSSR count). The maximum Gasteiger partial charge on any atom is 0.111 e. The zero-order valence-corrected chi connectivity index (χ0v) is 15.9. The standard InChI is InChI=1S/C19H39NO3/c1-5-6-7-8-9-10-11-12-15-19(2,23)17-20(3,4)16-13-14-18(21)22/h23H,5-17H2,1-4H3. The van der Waals surface area contributed by atoms with Crippen molar-refractivity contribution in [3.63, 3.8) is 0 Å². The van der Waals surface area contributed by atoms with Crippen LogP contribution in [0.4, 0.5) is 0 Å². The van der Waals surface area contributed by atoms with Crippen LogP contribution in [0.15, 0.2) is 0 Å². The zero-order chi connectivity index (χ0) is 17.8. The number of carbonyl (C=O) groups excluding carboxylic acids is 1. The Morgan fingerprint density at radius 2 is 1.52 bits per heavy atom. The quantitative estimate of drug-likeness (QED) is 0.371. The third-order valence-electron chi connectivity index (χ3n) is 4.48. The third-order valence-corrected chi connectivity index (χ3v) is 4.48. The molecule has 1 unspecified atom stereocenters. The fraction of sp³-hybridized carbons (Fsp3) is 0.947. The second-order valence-corrected chi connectivity index (χ2v) is 8.01. The Morgan fingerprint density at radius 1 is 1.00 bits per heavy atom. The molecule has 138 valence electrons. The summed E-state index contributed by atoms with van der Waals surface area (Å²) in [5.41, 5.74) is -0.673. The maximum atomic E-state index is 10.6. The highest BCUT2D eigenvalue weighted by Gasteiger charge is 2.29. The average Bonchev–Trinajstić information content (AvgIpc) is 2.39. The van der Waals surface area contributed by atoms with Crippen LogP contribution in [0.3, 0.4) is 0 Å². The number of hydrogen-bond acceptors (Lipinski definition) is 3. The Bertz CT molecular complexity index is 314. The Balaban J connectivity index is 3.83. The van der Waals surface area contributed by atoms with Crippen LogP contribution in [-0.4, -0.2) is 48.3 Å². The van der Waals surface area contributed by atoms with E-state index in [0.29, 0.717) is 17.4 Å². The van der Waals surface area contributed by atoms with Gasteiger partial charge in [0.2, 0.25) is 0 Å². The molecule has 0 saturated heterocycles. The smallest absolute Gasteiger partial charge is 0.111 e. The summed E-state index contributed by atoms with van der Waals surface area (Å²) >= 11 is 0. The molecule has 0 aromatic carbocycles. The Labute approximate surface area is 143 Å². The summed E-state index contributed by atoms with van der Waals surface area (Å²) in [6.07, 6.45) is 11.7. The summed E-state index contributed by atoms with van der Waals surface area (Å²) in [4.78, 5) is 10.5. The highest BCUT2D eigenvalue weighted by Crippen LogP contribution is 2.20. The molecular formula is C19H39NO3. The van der Waals surface area contributed by atoms with Crippen LogP contribution in [0.5, 0.6) is 0 Å². The second-order valence-electron chi connectivity index (χ2n) is 8.01. The van der Waals surface area contributed by atoms with Gasteiger partial charge < -0.3 is 19.5 Å². The summed E-state index contributed by atoms with van der Waals surface area (Å²) < 4.78 is 0.650. The largest absolute Gasteiger partial charge is 0.550 e. The lowest BCUT2D eigenvalue weighted by atomic mass is 9.96. The topological polar surface area (TPSA) is 60.4 Å². The molecule has 4 heteroatoms. The van der Waals surface area contributed by atoms with Gasteiger partial charge in [-0.05, 0) is 19.8 Å². The van der Waals surface area contributed by atoms with E-state index < -0.39 is 11.6 Å². The first-order valence-corrected chi connectivity index (χ1v) is 9.43. The van der Waals surface area contributed by atoms with E-state index in [-0.39, 0.29) is 6.42 Å². The van der Waals surface area contributed by atoms with E-state index >= 15 is 0 Å². The van der Waals surface area contributed by atoms with Crippen LogP contribution < -0.4 is 5.11 Å². The van der Waals surface area contributed by atoms with E-state index in [1.165, 1.54) is 44.9 Å². The highest BCUT2D eigenvalue weighted by atomic mass is 16.4. The second kappa shape index (κ2) is 11.9. The lowest BCUT2D eigenvalue weighted by Gasteiger charge is -2.36. The molecule has 0 aliphatic rings. The minimum absolute atomic E-state index is 0.0991. The molecule has 0 heterocycles.